The topological polar surface area (TPSA) is 29.3 Å². The summed E-state index contributed by atoms with van der Waals surface area (Å²) in [5.41, 5.74) is 6.36. The molecular weight excluding hydrogens is 241 g/mol. The number of likely N-dealkylation sites (tertiary alicyclic amines) is 1. The van der Waals surface area contributed by atoms with Crippen LogP contribution in [0, 0.1) is 0 Å². The van der Waals surface area contributed by atoms with Gasteiger partial charge in [0.2, 0.25) is 0 Å². The Hall–Kier alpha value is -1.07. The molecule has 1 fully saturated rings. The molecule has 0 radical (unpaired) electrons. The van der Waals surface area contributed by atoms with Crippen LogP contribution in [0.1, 0.15) is 23.5 Å². The summed E-state index contributed by atoms with van der Waals surface area (Å²) in [6, 6.07) is 5.37. The molecule has 0 spiro atoms. The highest BCUT2D eigenvalue weighted by Crippen LogP contribution is 2.32. The molecule has 0 saturated carbocycles. The van der Waals surface area contributed by atoms with Crippen LogP contribution >= 0.6 is 0 Å². The molecule has 2 unspecified atom stereocenters. The number of rotatable bonds is 1. The van der Waals surface area contributed by atoms with E-state index >= 15 is 0 Å². The molecule has 0 aliphatic carbocycles. The third kappa shape index (κ3) is 2.84. The number of nitrogens with zero attached hydrogens (tertiary/aromatic N) is 1. The maximum atomic E-state index is 12.5. The lowest BCUT2D eigenvalue weighted by atomic mass is 9.85. The first-order chi connectivity index (χ1) is 8.38. The first-order valence-corrected chi connectivity index (χ1v) is 5.99. The van der Waals surface area contributed by atoms with Gasteiger partial charge in [0, 0.05) is 18.5 Å². The predicted octanol–water partition coefficient (Wildman–Crippen LogP) is 2.45. The van der Waals surface area contributed by atoms with Crippen LogP contribution in [0.4, 0.5) is 13.2 Å². The third-order valence-electron chi connectivity index (χ3n) is 3.53. The third-order valence-corrected chi connectivity index (χ3v) is 3.53. The predicted molar refractivity (Wildman–Crippen MR) is 64.3 cm³/mol. The molecule has 0 aromatic heterocycles. The smallest absolute Gasteiger partial charge is 0.326 e. The van der Waals surface area contributed by atoms with Crippen molar-refractivity contribution >= 4 is 0 Å². The molecule has 2 N–H and O–H groups in total. The molecular formula is C13H17F3N2. The highest BCUT2D eigenvalue weighted by Gasteiger charge is 2.31. The normalized spacial score (nSPS) is 26.3. The molecule has 1 aromatic rings. The molecule has 1 saturated heterocycles. The summed E-state index contributed by atoms with van der Waals surface area (Å²) in [5.74, 6) is 0.156. The van der Waals surface area contributed by atoms with Crippen LogP contribution in [0.5, 0.6) is 0 Å². The van der Waals surface area contributed by atoms with Gasteiger partial charge in [-0.2, -0.15) is 13.2 Å². The average Bonchev–Trinajstić information content (AvgIpc) is 2.28. The summed E-state index contributed by atoms with van der Waals surface area (Å²) in [6.45, 7) is 1.71. The van der Waals surface area contributed by atoms with Crippen LogP contribution in [-0.4, -0.2) is 31.1 Å². The standard InChI is InChI=1S/C13H17F3N2/c1-18-7-6-11(12(17)8-18)9-2-4-10(5-3-9)13(14,15)16/h2-5,11-12H,6-8,17H2,1H3. The fourth-order valence-electron chi connectivity index (χ4n) is 2.49. The first kappa shape index (κ1) is 13.4. The molecule has 1 heterocycles. The molecule has 5 heteroatoms. The fourth-order valence-corrected chi connectivity index (χ4v) is 2.49. The van der Waals surface area contributed by atoms with Crippen molar-refractivity contribution in [1.82, 2.24) is 4.90 Å². The summed E-state index contributed by atoms with van der Waals surface area (Å²) in [7, 11) is 2.00. The summed E-state index contributed by atoms with van der Waals surface area (Å²) in [6.07, 6.45) is -3.38. The maximum Gasteiger partial charge on any atom is 0.416 e. The van der Waals surface area contributed by atoms with Gasteiger partial charge < -0.3 is 10.6 Å². The van der Waals surface area contributed by atoms with E-state index in [0.717, 1.165) is 37.2 Å². The number of hydrogen-bond acceptors (Lipinski definition) is 2. The van der Waals surface area contributed by atoms with E-state index in [9.17, 15) is 13.2 Å². The molecule has 0 bridgehead atoms. The number of likely N-dealkylation sites (N-methyl/N-ethyl adjacent to an activating group) is 1. The molecule has 1 aliphatic heterocycles. The van der Waals surface area contributed by atoms with E-state index in [2.05, 4.69) is 4.90 Å². The first-order valence-electron chi connectivity index (χ1n) is 5.99. The Bertz CT molecular complexity index is 400. The van der Waals surface area contributed by atoms with Gasteiger partial charge in [-0.3, -0.25) is 0 Å². The van der Waals surface area contributed by atoms with Gasteiger partial charge in [0.1, 0.15) is 0 Å². The Balaban J connectivity index is 2.15. The second-order valence-corrected chi connectivity index (χ2v) is 4.94. The van der Waals surface area contributed by atoms with Gasteiger partial charge in [-0.25, -0.2) is 0 Å². The van der Waals surface area contributed by atoms with E-state index in [1.54, 1.807) is 12.1 Å². The lowest BCUT2D eigenvalue weighted by Crippen LogP contribution is -2.45. The Morgan fingerprint density at radius 2 is 1.83 bits per heavy atom. The van der Waals surface area contributed by atoms with E-state index < -0.39 is 11.7 Å². The second-order valence-electron chi connectivity index (χ2n) is 4.94. The molecule has 2 nitrogen and oxygen atoms in total. The second kappa shape index (κ2) is 4.90. The Labute approximate surface area is 105 Å². The van der Waals surface area contributed by atoms with Gasteiger partial charge in [0.05, 0.1) is 5.56 Å². The zero-order chi connectivity index (χ0) is 13.3. The highest BCUT2D eigenvalue weighted by molar-refractivity contribution is 5.28. The molecule has 2 atom stereocenters. The number of nitrogens with two attached hydrogens (primary N) is 1. The number of alkyl halides is 3. The molecule has 1 aliphatic rings. The van der Waals surface area contributed by atoms with Crippen LogP contribution in [0.3, 0.4) is 0 Å². The highest BCUT2D eigenvalue weighted by atomic mass is 19.4. The van der Waals surface area contributed by atoms with E-state index in [1.165, 1.54) is 0 Å². The largest absolute Gasteiger partial charge is 0.416 e. The minimum atomic E-state index is -4.27. The van der Waals surface area contributed by atoms with E-state index in [1.807, 2.05) is 7.05 Å². The zero-order valence-electron chi connectivity index (χ0n) is 10.2. The van der Waals surface area contributed by atoms with Gasteiger partial charge in [0.25, 0.3) is 0 Å². The van der Waals surface area contributed by atoms with E-state index in [-0.39, 0.29) is 12.0 Å². The minimum absolute atomic E-state index is 0.0134. The summed E-state index contributed by atoms with van der Waals surface area (Å²) >= 11 is 0. The lowest BCUT2D eigenvalue weighted by molar-refractivity contribution is -0.137. The monoisotopic (exact) mass is 258 g/mol. The number of halogens is 3. The van der Waals surface area contributed by atoms with Gasteiger partial charge in [-0.05, 0) is 37.7 Å². The number of piperidine rings is 1. The van der Waals surface area contributed by atoms with Crippen molar-refractivity contribution in [1.29, 1.82) is 0 Å². The van der Waals surface area contributed by atoms with Crippen LogP contribution in [0.25, 0.3) is 0 Å². The summed E-state index contributed by atoms with van der Waals surface area (Å²) < 4.78 is 37.4. The summed E-state index contributed by atoms with van der Waals surface area (Å²) in [4.78, 5) is 2.14. The van der Waals surface area contributed by atoms with Crippen LogP contribution in [-0.2, 0) is 6.18 Å². The van der Waals surface area contributed by atoms with Crippen LogP contribution in [0.2, 0.25) is 0 Å². The number of benzene rings is 1. The SMILES string of the molecule is CN1CCC(c2ccc(C(F)(F)F)cc2)C(N)C1. The van der Waals surface area contributed by atoms with Crippen LogP contribution < -0.4 is 5.73 Å². The fraction of sp³-hybridized carbons (Fsp3) is 0.538. The van der Waals surface area contributed by atoms with Crippen molar-refractivity contribution in [2.24, 2.45) is 5.73 Å². The van der Waals surface area contributed by atoms with Crippen molar-refractivity contribution < 1.29 is 13.2 Å². The van der Waals surface area contributed by atoms with Gasteiger partial charge >= 0.3 is 6.18 Å². The van der Waals surface area contributed by atoms with E-state index in [4.69, 9.17) is 5.73 Å². The van der Waals surface area contributed by atoms with Crippen molar-refractivity contribution in [3.63, 3.8) is 0 Å². The van der Waals surface area contributed by atoms with Crippen LogP contribution in [0.15, 0.2) is 24.3 Å². The van der Waals surface area contributed by atoms with Crippen molar-refractivity contribution in [2.75, 3.05) is 20.1 Å². The lowest BCUT2D eigenvalue weighted by Gasteiger charge is -2.34. The van der Waals surface area contributed by atoms with Gasteiger partial charge in [-0.1, -0.05) is 12.1 Å². The molecule has 18 heavy (non-hydrogen) atoms. The quantitative estimate of drug-likeness (QED) is 0.838. The molecule has 1 aromatic carbocycles. The number of hydrogen-bond donors (Lipinski definition) is 1. The molecule has 2 rings (SSSR count). The average molecular weight is 258 g/mol. The van der Waals surface area contributed by atoms with Gasteiger partial charge in [0.15, 0.2) is 0 Å². The van der Waals surface area contributed by atoms with Crippen molar-refractivity contribution in [3.05, 3.63) is 35.4 Å². The Morgan fingerprint density at radius 1 is 1.22 bits per heavy atom. The Kier molecular flexibility index (Phi) is 3.64. The molecule has 0 amide bonds. The minimum Gasteiger partial charge on any atom is -0.326 e. The van der Waals surface area contributed by atoms with E-state index in [0.29, 0.717) is 0 Å². The van der Waals surface area contributed by atoms with Gasteiger partial charge in [-0.15, -0.1) is 0 Å². The Morgan fingerprint density at radius 3 is 2.33 bits per heavy atom. The maximum absolute atomic E-state index is 12.5. The zero-order valence-corrected chi connectivity index (χ0v) is 10.2. The summed E-state index contributed by atoms with van der Waals surface area (Å²) in [5, 5.41) is 0. The van der Waals surface area contributed by atoms with Crippen molar-refractivity contribution in [3.8, 4) is 0 Å². The van der Waals surface area contributed by atoms with Crippen molar-refractivity contribution in [2.45, 2.75) is 24.6 Å². The molecule has 100 valence electrons.